The summed E-state index contributed by atoms with van der Waals surface area (Å²) in [4.78, 5) is 23.9. The Kier molecular flexibility index (Phi) is 10.0. The fraction of sp³-hybridized carbons (Fsp3) is 0.259. The molecule has 1 atom stereocenters. The standard InChI is InChI=1S/C27H31N3O6S/c28-23-17-21(14-15-25(23)36-19-26(31)32)18-24(30-37(34,35)22-12-5-2-6-13-22)27(33)29-16-8-7-11-20-9-3-1-4-10-20/h1-6,9-10,12-15,17,24,30H,7-8,11,16,18-19,28H2,(H,29,33)(H,31,32). The molecule has 196 valence electrons. The molecule has 0 bridgehead atoms. The van der Waals surface area contributed by atoms with Crippen molar-refractivity contribution in [2.75, 3.05) is 18.9 Å². The highest BCUT2D eigenvalue weighted by Crippen LogP contribution is 2.23. The van der Waals surface area contributed by atoms with Crippen LogP contribution < -0.4 is 20.5 Å². The molecule has 10 heteroatoms. The molecule has 0 spiro atoms. The lowest BCUT2D eigenvalue weighted by atomic mass is 10.0. The molecule has 0 aliphatic heterocycles. The Morgan fingerprint density at radius 1 is 0.919 bits per heavy atom. The van der Waals surface area contributed by atoms with Crippen LogP contribution in [0, 0.1) is 0 Å². The number of ether oxygens (including phenoxy) is 1. The van der Waals surface area contributed by atoms with Crippen molar-refractivity contribution in [3.8, 4) is 5.75 Å². The van der Waals surface area contributed by atoms with E-state index in [1.165, 1.54) is 29.8 Å². The first-order valence-corrected chi connectivity index (χ1v) is 13.3. The molecule has 0 fully saturated rings. The number of aryl methyl sites for hydroxylation is 1. The number of hydrogen-bond acceptors (Lipinski definition) is 6. The number of benzene rings is 3. The van der Waals surface area contributed by atoms with Gasteiger partial charge in [0.25, 0.3) is 0 Å². The summed E-state index contributed by atoms with van der Waals surface area (Å²) in [6.45, 7) is -0.144. The molecule has 1 amide bonds. The third kappa shape index (κ3) is 8.93. The zero-order valence-electron chi connectivity index (χ0n) is 20.3. The fourth-order valence-electron chi connectivity index (χ4n) is 3.71. The van der Waals surface area contributed by atoms with Crippen molar-refractivity contribution in [1.29, 1.82) is 0 Å². The number of nitrogen functional groups attached to an aromatic ring is 1. The highest BCUT2D eigenvalue weighted by Gasteiger charge is 2.26. The smallest absolute Gasteiger partial charge is 0.341 e. The zero-order chi connectivity index (χ0) is 26.7. The van der Waals surface area contributed by atoms with Crippen molar-refractivity contribution in [1.82, 2.24) is 10.0 Å². The number of hydrogen-bond donors (Lipinski definition) is 4. The van der Waals surface area contributed by atoms with E-state index in [0.29, 0.717) is 12.1 Å². The van der Waals surface area contributed by atoms with Gasteiger partial charge in [-0.1, -0.05) is 54.6 Å². The SMILES string of the molecule is Nc1cc(CC(NS(=O)(=O)c2ccccc2)C(=O)NCCCCc2ccccc2)ccc1OCC(=O)O. The van der Waals surface area contributed by atoms with E-state index < -0.39 is 34.5 Å². The quantitative estimate of drug-likeness (QED) is 0.187. The number of carbonyl (C=O) groups excluding carboxylic acids is 1. The zero-order valence-corrected chi connectivity index (χ0v) is 21.1. The Balaban J connectivity index is 1.67. The summed E-state index contributed by atoms with van der Waals surface area (Å²) in [6, 6.07) is 21.4. The van der Waals surface area contributed by atoms with E-state index in [1.54, 1.807) is 24.3 Å². The van der Waals surface area contributed by atoms with Gasteiger partial charge in [-0.05, 0) is 61.1 Å². The van der Waals surface area contributed by atoms with Gasteiger partial charge >= 0.3 is 5.97 Å². The van der Waals surface area contributed by atoms with Gasteiger partial charge in [0.05, 0.1) is 10.6 Å². The van der Waals surface area contributed by atoms with Crippen molar-refractivity contribution in [3.05, 3.63) is 90.0 Å². The number of carboxylic acids is 1. The van der Waals surface area contributed by atoms with Gasteiger partial charge < -0.3 is 20.9 Å². The number of anilines is 1. The molecule has 9 nitrogen and oxygen atoms in total. The second kappa shape index (κ2) is 13.4. The Labute approximate surface area is 216 Å². The molecule has 3 aromatic rings. The Morgan fingerprint density at radius 2 is 1.59 bits per heavy atom. The monoisotopic (exact) mass is 525 g/mol. The minimum absolute atomic E-state index is 0.0331. The maximum absolute atomic E-state index is 13.1. The van der Waals surface area contributed by atoms with Gasteiger partial charge in [-0.3, -0.25) is 4.79 Å². The van der Waals surface area contributed by atoms with Crippen molar-refractivity contribution in [2.45, 2.75) is 36.6 Å². The molecule has 37 heavy (non-hydrogen) atoms. The number of sulfonamides is 1. The molecule has 0 aliphatic rings. The molecule has 0 aliphatic carbocycles. The molecule has 0 aromatic heterocycles. The van der Waals surface area contributed by atoms with Crippen LogP contribution in [-0.2, 0) is 32.5 Å². The largest absolute Gasteiger partial charge is 0.480 e. The highest BCUT2D eigenvalue weighted by molar-refractivity contribution is 7.89. The first kappa shape index (κ1) is 27.7. The predicted octanol–water partition coefficient (Wildman–Crippen LogP) is 2.76. The van der Waals surface area contributed by atoms with E-state index in [4.69, 9.17) is 15.6 Å². The van der Waals surface area contributed by atoms with Crippen LogP contribution in [-0.4, -0.2) is 44.6 Å². The normalized spacial score (nSPS) is 12.0. The maximum Gasteiger partial charge on any atom is 0.341 e. The van der Waals surface area contributed by atoms with E-state index in [0.717, 1.165) is 19.3 Å². The summed E-state index contributed by atoms with van der Waals surface area (Å²) in [5.74, 6) is -1.40. The lowest BCUT2D eigenvalue weighted by Crippen LogP contribution is -2.48. The van der Waals surface area contributed by atoms with E-state index >= 15 is 0 Å². The third-order valence-corrected chi connectivity index (χ3v) is 7.05. The topological polar surface area (TPSA) is 148 Å². The molecule has 5 N–H and O–H groups in total. The second-order valence-electron chi connectivity index (χ2n) is 8.48. The third-order valence-electron chi connectivity index (χ3n) is 5.57. The van der Waals surface area contributed by atoms with Crippen LogP contribution >= 0.6 is 0 Å². The lowest BCUT2D eigenvalue weighted by Gasteiger charge is -2.19. The van der Waals surface area contributed by atoms with Gasteiger partial charge in [0, 0.05) is 6.54 Å². The summed E-state index contributed by atoms with van der Waals surface area (Å²) in [5.41, 5.74) is 7.97. The lowest BCUT2D eigenvalue weighted by molar-refractivity contribution is -0.139. The van der Waals surface area contributed by atoms with Crippen LogP contribution in [0.5, 0.6) is 5.75 Å². The van der Waals surface area contributed by atoms with Crippen molar-refractivity contribution < 1.29 is 27.9 Å². The summed E-state index contributed by atoms with van der Waals surface area (Å²) >= 11 is 0. The van der Waals surface area contributed by atoms with Gasteiger partial charge in [0.2, 0.25) is 15.9 Å². The van der Waals surface area contributed by atoms with Gasteiger partial charge in [-0.15, -0.1) is 0 Å². The minimum atomic E-state index is -3.96. The van der Waals surface area contributed by atoms with Crippen LogP contribution in [0.15, 0.2) is 83.8 Å². The molecule has 3 rings (SSSR count). The molecular weight excluding hydrogens is 494 g/mol. The van der Waals surface area contributed by atoms with Gasteiger partial charge in [-0.25, -0.2) is 13.2 Å². The fourth-order valence-corrected chi connectivity index (χ4v) is 4.92. The first-order chi connectivity index (χ1) is 17.7. The first-order valence-electron chi connectivity index (χ1n) is 11.9. The average Bonchev–Trinajstić information content (AvgIpc) is 2.88. The van der Waals surface area contributed by atoms with Crippen LogP contribution in [0.25, 0.3) is 0 Å². The maximum atomic E-state index is 13.1. The summed E-state index contributed by atoms with van der Waals surface area (Å²) < 4.78 is 33.5. The number of rotatable bonds is 14. The Bertz CT molecular complexity index is 1280. The van der Waals surface area contributed by atoms with Gasteiger partial charge in [-0.2, -0.15) is 4.72 Å². The highest BCUT2D eigenvalue weighted by atomic mass is 32.2. The van der Waals surface area contributed by atoms with Crippen LogP contribution in [0.3, 0.4) is 0 Å². The molecule has 3 aromatic carbocycles. The summed E-state index contributed by atoms with van der Waals surface area (Å²) in [6.07, 6.45) is 2.53. The second-order valence-corrected chi connectivity index (χ2v) is 10.2. The van der Waals surface area contributed by atoms with Crippen LogP contribution in [0.4, 0.5) is 5.69 Å². The predicted molar refractivity (Wildman–Crippen MR) is 141 cm³/mol. The molecule has 0 saturated heterocycles. The number of nitrogens with two attached hydrogens (primary N) is 1. The van der Waals surface area contributed by atoms with E-state index in [1.807, 2.05) is 18.2 Å². The van der Waals surface area contributed by atoms with Crippen LogP contribution in [0.1, 0.15) is 24.0 Å². The Morgan fingerprint density at radius 3 is 2.24 bits per heavy atom. The van der Waals surface area contributed by atoms with E-state index in [-0.39, 0.29) is 22.8 Å². The van der Waals surface area contributed by atoms with Crippen molar-refractivity contribution >= 4 is 27.6 Å². The number of amides is 1. The molecule has 1 unspecified atom stereocenters. The van der Waals surface area contributed by atoms with E-state index in [9.17, 15) is 18.0 Å². The van der Waals surface area contributed by atoms with Gasteiger partial charge in [0.1, 0.15) is 11.8 Å². The van der Waals surface area contributed by atoms with Gasteiger partial charge in [0.15, 0.2) is 6.61 Å². The Hall–Kier alpha value is -3.89. The molecule has 0 radical (unpaired) electrons. The summed E-state index contributed by atoms with van der Waals surface area (Å²) in [7, 11) is -3.96. The number of unbranched alkanes of at least 4 members (excludes halogenated alkanes) is 1. The number of carboxylic acid groups (broad SMARTS) is 1. The van der Waals surface area contributed by atoms with Crippen molar-refractivity contribution in [3.63, 3.8) is 0 Å². The van der Waals surface area contributed by atoms with Crippen molar-refractivity contribution in [2.24, 2.45) is 0 Å². The molecule has 0 saturated carbocycles. The van der Waals surface area contributed by atoms with Crippen LogP contribution in [0.2, 0.25) is 0 Å². The molecule has 0 heterocycles. The van der Waals surface area contributed by atoms with E-state index in [2.05, 4.69) is 22.2 Å². The number of aliphatic carboxylic acids is 1. The minimum Gasteiger partial charge on any atom is -0.480 e. The summed E-state index contributed by atoms with van der Waals surface area (Å²) in [5, 5.41) is 11.6. The average molecular weight is 526 g/mol. The number of nitrogens with one attached hydrogen (secondary N) is 2. The molecular formula is C27H31N3O6S. The number of carbonyl (C=O) groups is 2.